The second-order valence-electron chi connectivity index (χ2n) is 8.60. The molecule has 0 atom stereocenters. The topological polar surface area (TPSA) is 86.8 Å². The highest BCUT2D eigenvalue weighted by molar-refractivity contribution is 6.13. The lowest BCUT2D eigenvalue weighted by Gasteiger charge is -2.06. The van der Waals surface area contributed by atoms with E-state index in [4.69, 9.17) is 8.83 Å². The molecule has 0 amide bonds. The summed E-state index contributed by atoms with van der Waals surface area (Å²) in [7, 11) is 0. The van der Waals surface area contributed by atoms with Crippen LogP contribution in [0.4, 0.5) is 0 Å². The summed E-state index contributed by atoms with van der Waals surface area (Å²) in [6.45, 7) is 0. The van der Waals surface area contributed by atoms with Crippen molar-refractivity contribution in [2.24, 2.45) is 0 Å². The monoisotopic (exact) mass is 461 g/mol. The SMILES string of the molecule is N#Cc1nc(C#N)c2c(oc3ccc(-c4ccc5oc6ccccc6c5c4)cc32)c1-c1ccccc1. The average Bonchev–Trinajstić information content (AvgIpc) is 3.50. The molecule has 3 aromatic heterocycles. The Kier molecular flexibility index (Phi) is 4.21. The number of furan rings is 2. The van der Waals surface area contributed by atoms with E-state index >= 15 is 0 Å². The molecule has 0 aliphatic carbocycles. The maximum Gasteiger partial charge on any atom is 0.153 e. The van der Waals surface area contributed by atoms with Gasteiger partial charge in [0, 0.05) is 16.2 Å². The van der Waals surface area contributed by atoms with Crippen molar-refractivity contribution >= 4 is 43.9 Å². The predicted molar refractivity (Wildman–Crippen MR) is 139 cm³/mol. The summed E-state index contributed by atoms with van der Waals surface area (Å²) in [6.07, 6.45) is 0. The van der Waals surface area contributed by atoms with Gasteiger partial charge in [-0.05, 0) is 47.0 Å². The minimum Gasteiger partial charge on any atom is -0.456 e. The Morgan fingerprint density at radius 2 is 1.19 bits per heavy atom. The van der Waals surface area contributed by atoms with Crippen LogP contribution >= 0.6 is 0 Å². The lowest BCUT2D eigenvalue weighted by molar-refractivity contribution is 0.668. The van der Waals surface area contributed by atoms with Gasteiger partial charge in [-0.3, -0.25) is 0 Å². The first-order chi connectivity index (χ1) is 17.7. The Bertz CT molecular complexity index is 2070. The summed E-state index contributed by atoms with van der Waals surface area (Å²) >= 11 is 0. The van der Waals surface area contributed by atoms with Crippen LogP contribution in [0.15, 0.2) is 99.8 Å². The van der Waals surface area contributed by atoms with E-state index in [9.17, 15) is 10.5 Å². The van der Waals surface area contributed by atoms with E-state index in [-0.39, 0.29) is 11.4 Å². The summed E-state index contributed by atoms with van der Waals surface area (Å²) in [4.78, 5) is 4.41. The Morgan fingerprint density at radius 3 is 1.94 bits per heavy atom. The maximum absolute atomic E-state index is 9.90. The third-order valence-corrected chi connectivity index (χ3v) is 6.60. The van der Waals surface area contributed by atoms with Crippen molar-refractivity contribution in [1.29, 1.82) is 10.5 Å². The molecule has 0 N–H and O–H groups in total. The summed E-state index contributed by atoms with van der Waals surface area (Å²) in [5.41, 5.74) is 6.57. The molecule has 0 radical (unpaired) electrons. The molecule has 5 heteroatoms. The van der Waals surface area contributed by atoms with Gasteiger partial charge in [-0.25, -0.2) is 4.98 Å². The summed E-state index contributed by atoms with van der Waals surface area (Å²) in [6, 6.07) is 33.9. The van der Waals surface area contributed by atoms with Crippen LogP contribution in [0.25, 0.3) is 66.1 Å². The molecule has 166 valence electrons. The van der Waals surface area contributed by atoms with E-state index in [0.29, 0.717) is 22.1 Å². The molecule has 4 aromatic carbocycles. The van der Waals surface area contributed by atoms with Gasteiger partial charge in [-0.2, -0.15) is 10.5 Å². The fraction of sp³-hybridized carbons (Fsp3) is 0. The van der Waals surface area contributed by atoms with Crippen LogP contribution in [0.2, 0.25) is 0 Å². The van der Waals surface area contributed by atoms with Crippen molar-refractivity contribution in [3.63, 3.8) is 0 Å². The van der Waals surface area contributed by atoms with E-state index < -0.39 is 0 Å². The highest BCUT2D eigenvalue weighted by atomic mass is 16.3. The van der Waals surface area contributed by atoms with Crippen LogP contribution in [0.5, 0.6) is 0 Å². The first-order valence-corrected chi connectivity index (χ1v) is 11.4. The maximum atomic E-state index is 9.90. The molecule has 0 saturated heterocycles. The number of aromatic nitrogens is 1. The molecule has 0 saturated carbocycles. The largest absolute Gasteiger partial charge is 0.456 e. The number of hydrogen-bond donors (Lipinski definition) is 0. The quantitative estimate of drug-likeness (QED) is 0.261. The molecule has 7 aromatic rings. The van der Waals surface area contributed by atoms with Crippen LogP contribution in [0.3, 0.4) is 0 Å². The van der Waals surface area contributed by atoms with Crippen molar-refractivity contribution in [3.05, 3.63) is 102 Å². The van der Waals surface area contributed by atoms with Crippen LogP contribution in [0.1, 0.15) is 11.4 Å². The van der Waals surface area contributed by atoms with E-state index in [2.05, 4.69) is 29.3 Å². The van der Waals surface area contributed by atoms with Crippen LogP contribution in [-0.4, -0.2) is 4.98 Å². The lowest BCUT2D eigenvalue weighted by atomic mass is 9.98. The molecule has 0 bridgehead atoms. The molecule has 0 unspecified atom stereocenters. The van der Waals surface area contributed by atoms with Gasteiger partial charge in [0.25, 0.3) is 0 Å². The Hall–Kier alpha value is -5.39. The molecule has 0 spiro atoms. The molecule has 0 aliphatic rings. The number of fused-ring (bicyclic) bond motifs is 6. The lowest BCUT2D eigenvalue weighted by Crippen LogP contribution is -1.94. The number of rotatable bonds is 2. The summed E-state index contributed by atoms with van der Waals surface area (Å²) in [5.74, 6) is 0. The Labute approximate surface area is 205 Å². The fourth-order valence-electron chi connectivity index (χ4n) is 4.96. The number of pyridine rings is 1. The third kappa shape index (κ3) is 2.84. The smallest absolute Gasteiger partial charge is 0.153 e. The molecule has 0 fully saturated rings. The highest BCUT2D eigenvalue weighted by Crippen LogP contribution is 2.40. The average molecular weight is 461 g/mol. The van der Waals surface area contributed by atoms with E-state index in [0.717, 1.165) is 44.0 Å². The third-order valence-electron chi connectivity index (χ3n) is 6.60. The summed E-state index contributed by atoms with van der Waals surface area (Å²) in [5, 5.41) is 23.2. The van der Waals surface area contributed by atoms with Gasteiger partial charge in [0.1, 0.15) is 34.5 Å². The minimum atomic E-state index is 0.168. The summed E-state index contributed by atoms with van der Waals surface area (Å²) < 4.78 is 12.3. The Morgan fingerprint density at radius 1 is 0.556 bits per heavy atom. The molecule has 7 rings (SSSR count). The van der Waals surface area contributed by atoms with Gasteiger partial charge in [0.15, 0.2) is 11.4 Å². The second-order valence-corrected chi connectivity index (χ2v) is 8.60. The predicted octanol–water partition coefficient (Wildman–Crippen LogP) is 7.96. The molecule has 3 heterocycles. The zero-order valence-electron chi connectivity index (χ0n) is 18.8. The zero-order valence-corrected chi connectivity index (χ0v) is 18.8. The van der Waals surface area contributed by atoms with Gasteiger partial charge < -0.3 is 8.83 Å². The normalized spacial score (nSPS) is 11.3. The number of benzene rings is 4. The molecular weight excluding hydrogens is 446 g/mol. The van der Waals surface area contributed by atoms with Crippen LogP contribution < -0.4 is 0 Å². The second kappa shape index (κ2) is 7.56. The first-order valence-electron chi connectivity index (χ1n) is 11.4. The van der Waals surface area contributed by atoms with Gasteiger partial charge in [0.2, 0.25) is 0 Å². The van der Waals surface area contributed by atoms with Crippen molar-refractivity contribution < 1.29 is 8.83 Å². The van der Waals surface area contributed by atoms with Crippen LogP contribution in [0, 0.1) is 22.7 Å². The molecule has 0 aliphatic heterocycles. The van der Waals surface area contributed by atoms with E-state index in [1.54, 1.807) is 0 Å². The highest BCUT2D eigenvalue weighted by Gasteiger charge is 2.22. The van der Waals surface area contributed by atoms with Gasteiger partial charge in [-0.1, -0.05) is 60.7 Å². The van der Waals surface area contributed by atoms with Gasteiger partial charge in [-0.15, -0.1) is 0 Å². The van der Waals surface area contributed by atoms with Crippen molar-refractivity contribution in [3.8, 4) is 34.4 Å². The van der Waals surface area contributed by atoms with Crippen molar-refractivity contribution in [1.82, 2.24) is 4.98 Å². The van der Waals surface area contributed by atoms with E-state index in [1.807, 2.05) is 78.9 Å². The van der Waals surface area contributed by atoms with Gasteiger partial charge in [0.05, 0.1) is 10.9 Å². The number of hydrogen-bond acceptors (Lipinski definition) is 5. The fourth-order valence-corrected chi connectivity index (χ4v) is 4.96. The molecule has 5 nitrogen and oxygen atoms in total. The zero-order chi connectivity index (χ0) is 24.2. The molecule has 36 heavy (non-hydrogen) atoms. The standard InChI is InChI=1S/C31H15N3O2/c32-16-24-29(18-6-2-1-3-7-18)31-30(25(17-33)34-24)23-15-20(11-13-28(23)36-31)19-10-12-27-22(14-19)21-8-4-5-9-26(21)35-27/h1-15H. The van der Waals surface area contributed by atoms with Crippen molar-refractivity contribution in [2.75, 3.05) is 0 Å². The first kappa shape index (κ1) is 20.0. The number of nitrogens with zero attached hydrogens (tertiary/aromatic N) is 3. The number of nitriles is 2. The molecular formula is C31H15N3O2. The Balaban J connectivity index is 1.51. The van der Waals surface area contributed by atoms with E-state index in [1.165, 1.54) is 0 Å². The minimum absolute atomic E-state index is 0.168. The van der Waals surface area contributed by atoms with Crippen molar-refractivity contribution in [2.45, 2.75) is 0 Å². The van der Waals surface area contributed by atoms with Gasteiger partial charge >= 0.3 is 0 Å². The number of para-hydroxylation sites is 1. The van der Waals surface area contributed by atoms with Crippen LogP contribution in [-0.2, 0) is 0 Å².